The summed E-state index contributed by atoms with van der Waals surface area (Å²) in [7, 11) is 0. The maximum atomic E-state index is 5.35. The summed E-state index contributed by atoms with van der Waals surface area (Å²) in [5.74, 6) is 0.830. The molecule has 0 bridgehead atoms. The van der Waals surface area contributed by atoms with E-state index in [1.54, 1.807) is 12.5 Å². The van der Waals surface area contributed by atoms with Gasteiger partial charge in [-0.1, -0.05) is 12.2 Å². The highest BCUT2D eigenvalue weighted by Gasteiger charge is 2.13. The minimum atomic E-state index is 0.830. The van der Waals surface area contributed by atoms with Gasteiger partial charge in [-0.2, -0.15) is 0 Å². The Kier molecular flexibility index (Phi) is 2.73. The number of hydrogen-bond donors (Lipinski definition) is 0. The van der Waals surface area contributed by atoms with E-state index >= 15 is 0 Å². The fourth-order valence-corrected chi connectivity index (χ4v) is 2.07. The summed E-state index contributed by atoms with van der Waals surface area (Å²) in [5, 5.41) is 0. The fraction of sp³-hybridized carbons (Fsp3) is 0.200. The van der Waals surface area contributed by atoms with Crippen LogP contribution in [0.25, 0.3) is 0 Å². The first-order chi connectivity index (χ1) is 6.38. The number of halogens is 1. The SMILES string of the molecule is IC1=C(C2=COC=CO2)CCC=C1. The third-order valence-electron chi connectivity index (χ3n) is 1.92. The summed E-state index contributed by atoms with van der Waals surface area (Å²) >= 11 is 2.31. The Morgan fingerprint density at radius 3 is 2.92 bits per heavy atom. The molecule has 2 nitrogen and oxygen atoms in total. The number of allylic oxidation sites excluding steroid dienone is 4. The molecule has 2 rings (SSSR count). The number of rotatable bonds is 1. The van der Waals surface area contributed by atoms with Crippen LogP contribution in [-0.2, 0) is 9.47 Å². The zero-order valence-electron chi connectivity index (χ0n) is 7.00. The molecule has 0 aromatic heterocycles. The lowest BCUT2D eigenvalue weighted by atomic mass is 10.0. The van der Waals surface area contributed by atoms with E-state index in [0.29, 0.717) is 0 Å². The Morgan fingerprint density at radius 1 is 1.31 bits per heavy atom. The predicted molar refractivity (Wildman–Crippen MR) is 58.8 cm³/mol. The quantitative estimate of drug-likeness (QED) is 0.689. The van der Waals surface area contributed by atoms with Crippen LogP contribution in [0.3, 0.4) is 0 Å². The molecular formula is C10H9IO2. The van der Waals surface area contributed by atoms with Crippen molar-refractivity contribution >= 4 is 22.6 Å². The molecule has 0 amide bonds. The van der Waals surface area contributed by atoms with E-state index in [0.717, 1.165) is 18.6 Å². The van der Waals surface area contributed by atoms with Gasteiger partial charge in [-0.3, -0.25) is 0 Å². The van der Waals surface area contributed by atoms with E-state index in [4.69, 9.17) is 9.47 Å². The lowest BCUT2D eigenvalue weighted by Gasteiger charge is -2.16. The van der Waals surface area contributed by atoms with Crippen molar-refractivity contribution < 1.29 is 9.47 Å². The van der Waals surface area contributed by atoms with Crippen molar-refractivity contribution in [3.05, 3.63) is 45.9 Å². The average molecular weight is 288 g/mol. The Balaban J connectivity index is 2.24. The van der Waals surface area contributed by atoms with Crippen molar-refractivity contribution in [3.63, 3.8) is 0 Å². The van der Waals surface area contributed by atoms with Crippen LogP contribution in [0.4, 0.5) is 0 Å². The van der Waals surface area contributed by atoms with Crippen molar-refractivity contribution in [1.82, 2.24) is 0 Å². The molecule has 0 N–H and O–H groups in total. The summed E-state index contributed by atoms with van der Waals surface area (Å²) in [6, 6.07) is 0. The Hall–Kier alpha value is -0.710. The molecule has 0 saturated heterocycles. The van der Waals surface area contributed by atoms with Gasteiger partial charge in [0.05, 0.1) is 0 Å². The van der Waals surface area contributed by atoms with Gasteiger partial charge in [0.1, 0.15) is 18.8 Å². The summed E-state index contributed by atoms with van der Waals surface area (Å²) in [6.07, 6.45) is 11.1. The highest BCUT2D eigenvalue weighted by atomic mass is 127. The van der Waals surface area contributed by atoms with Crippen molar-refractivity contribution in [2.45, 2.75) is 12.8 Å². The highest BCUT2D eigenvalue weighted by molar-refractivity contribution is 14.1. The van der Waals surface area contributed by atoms with Gasteiger partial charge in [0, 0.05) is 9.15 Å². The molecule has 0 atom stereocenters. The predicted octanol–water partition coefficient (Wildman–Crippen LogP) is 3.38. The van der Waals surface area contributed by atoms with E-state index in [1.165, 1.54) is 15.4 Å². The van der Waals surface area contributed by atoms with Crippen LogP contribution < -0.4 is 0 Å². The third kappa shape index (κ3) is 1.96. The van der Waals surface area contributed by atoms with Gasteiger partial charge >= 0.3 is 0 Å². The molecule has 0 spiro atoms. The second kappa shape index (κ2) is 4.00. The van der Waals surface area contributed by atoms with Crippen LogP contribution in [0, 0.1) is 0 Å². The molecule has 1 aliphatic carbocycles. The molecular weight excluding hydrogens is 279 g/mol. The topological polar surface area (TPSA) is 18.5 Å². The molecule has 1 aliphatic heterocycles. The maximum absolute atomic E-state index is 5.35. The first-order valence-electron chi connectivity index (χ1n) is 4.11. The van der Waals surface area contributed by atoms with Crippen LogP contribution >= 0.6 is 22.6 Å². The molecule has 68 valence electrons. The molecule has 13 heavy (non-hydrogen) atoms. The van der Waals surface area contributed by atoms with Gasteiger partial charge in [-0.15, -0.1) is 0 Å². The van der Waals surface area contributed by atoms with E-state index in [2.05, 4.69) is 34.7 Å². The zero-order chi connectivity index (χ0) is 9.10. The first kappa shape index (κ1) is 8.87. The Morgan fingerprint density at radius 2 is 2.23 bits per heavy atom. The Bertz CT molecular complexity index is 324. The first-order valence-corrected chi connectivity index (χ1v) is 5.18. The number of ether oxygens (including phenoxy) is 2. The van der Waals surface area contributed by atoms with E-state index < -0.39 is 0 Å². The summed E-state index contributed by atoms with van der Waals surface area (Å²) < 4.78 is 11.6. The van der Waals surface area contributed by atoms with Crippen LogP contribution in [0.15, 0.2) is 45.9 Å². The minimum absolute atomic E-state index is 0.830. The van der Waals surface area contributed by atoms with Crippen LogP contribution in [-0.4, -0.2) is 0 Å². The molecule has 0 fully saturated rings. The maximum Gasteiger partial charge on any atom is 0.165 e. The van der Waals surface area contributed by atoms with Crippen molar-refractivity contribution in [1.29, 1.82) is 0 Å². The van der Waals surface area contributed by atoms with Crippen molar-refractivity contribution in [3.8, 4) is 0 Å². The molecule has 0 aromatic carbocycles. The molecule has 2 aliphatic rings. The summed E-state index contributed by atoms with van der Waals surface area (Å²) in [4.78, 5) is 0. The molecule has 0 unspecified atom stereocenters. The second-order valence-corrected chi connectivity index (χ2v) is 3.94. The standard InChI is InChI=1S/C10H9IO2/c11-9-4-2-1-3-8(9)10-7-12-5-6-13-10/h2,4-7H,1,3H2. The van der Waals surface area contributed by atoms with Gasteiger partial charge in [-0.25, -0.2) is 0 Å². The lowest BCUT2D eigenvalue weighted by molar-refractivity contribution is 0.262. The molecule has 0 aromatic rings. The largest absolute Gasteiger partial charge is 0.466 e. The van der Waals surface area contributed by atoms with E-state index in [1.807, 2.05) is 0 Å². The van der Waals surface area contributed by atoms with E-state index in [-0.39, 0.29) is 0 Å². The average Bonchev–Trinajstić information content (AvgIpc) is 2.20. The van der Waals surface area contributed by atoms with Crippen LogP contribution in [0.5, 0.6) is 0 Å². The second-order valence-electron chi connectivity index (χ2n) is 2.78. The lowest BCUT2D eigenvalue weighted by Crippen LogP contribution is -1.99. The molecule has 0 radical (unpaired) electrons. The molecule has 0 saturated carbocycles. The van der Waals surface area contributed by atoms with Crippen molar-refractivity contribution in [2.75, 3.05) is 0 Å². The normalized spacial score (nSPS) is 20.8. The van der Waals surface area contributed by atoms with Gasteiger partial charge in [-0.05, 0) is 35.4 Å². The van der Waals surface area contributed by atoms with Gasteiger partial charge < -0.3 is 9.47 Å². The van der Waals surface area contributed by atoms with Gasteiger partial charge in [0.2, 0.25) is 0 Å². The smallest absolute Gasteiger partial charge is 0.165 e. The van der Waals surface area contributed by atoms with Crippen LogP contribution in [0.2, 0.25) is 0 Å². The monoisotopic (exact) mass is 288 g/mol. The minimum Gasteiger partial charge on any atom is -0.466 e. The summed E-state index contributed by atoms with van der Waals surface area (Å²) in [5.41, 5.74) is 1.23. The number of hydrogen-bond acceptors (Lipinski definition) is 2. The third-order valence-corrected chi connectivity index (χ3v) is 2.93. The molecule has 3 heteroatoms. The highest BCUT2D eigenvalue weighted by Crippen LogP contribution is 2.30. The van der Waals surface area contributed by atoms with Gasteiger partial charge in [0.25, 0.3) is 0 Å². The Labute approximate surface area is 90.7 Å². The van der Waals surface area contributed by atoms with Crippen LogP contribution in [0.1, 0.15) is 12.8 Å². The fourth-order valence-electron chi connectivity index (χ4n) is 1.28. The van der Waals surface area contributed by atoms with Gasteiger partial charge in [0.15, 0.2) is 5.76 Å². The van der Waals surface area contributed by atoms with Crippen molar-refractivity contribution in [2.24, 2.45) is 0 Å². The molecule has 1 heterocycles. The summed E-state index contributed by atoms with van der Waals surface area (Å²) in [6.45, 7) is 0. The van der Waals surface area contributed by atoms with E-state index in [9.17, 15) is 0 Å². The zero-order valence-corrected chi connectivity index (χ0v) is 9.15.